The van der Waals surface area contributed by atoms with Gasteiger partial charge >= 0.3 is 5.97 Å². The molecule has 2 rings (SSSR count). The first kappa shape index (κ1) is 18.1. The third-order valence-corrected chi connectivity index (χ3v) is 5.93. The van der Waals surface area contributed by atoms with Crippen LogP contribution in [-0.2, 0) is 4.79 Å². The number of halogens is 2. The van der Waals surface area contributed by atoms with E-state index in [4.69, 9.17) is 11.6 Å². The number of unbranched alkanes of at least 4 members (excludes halogenated alkanes) is 1. The lowest BCUT2D eigenvalue weighted by Gasteiger charge is -2.27. The zero-order valence-electron chi connectivity index (χ0n) is 13.0. The van der Waals surface area contributed by atoms with Gasteiger partial charge in [-0.2, -0.15) is 0 Å². The molecule has 1 aromatic heterocycles. The molecule has 0 amide bonds. The van der Waals surface area contributed by atoms with Crippen molar-refractivity contribution in [2.75, 3.05) is 0 Å². The third kappa shape index (κ3) is 4.21. The van der Waals surface area contributed by atoms with Gasteiger partial charge < -0.3 is 14.8 Å². The molecule has 0 spiro atoms. The average Bonchev–Trinajstić information content (AvgIpc) is 2.87. The first-order valence-electron chi connectivity index (χ1n) is 7.74. The maximum absolute atomic E-state index is 11.3. The minimum absolute atomic E-state index is 0.0109. The number of rotatable bonds is 8. The lowest BCUT2D eigenvalue weighted by Crippen LogP contribution is -2.29. The van der Waals surface area contributed by atoms with Crippen LogP contribution in [0.15, 0.2) is 30.5 Å². The molecule has 3 atom stereocenters. The molecular weight excluding hydrogens is 382 g/mol. The van der Waals surface area contributed by atoms with Gasteiger partial charge in [0.1, 0.15) is 5.75 Å². The predicted molar refractivity (Wildman–Crippen MR) is 96.8 cm³/mol. The summed E-state index contributed by atoms with van der Waals surface area (Å²) in [6.07, 6.45) is 4.44. The number of carbonyl (C=O) groups is 1. The Hall–Kier alpha value is -1.20. The first-order chi connectivity index (χ1) is 11.0. The minimum Gasteiger partial charge on any atom is -0.506 e. The molecule has 1 heterocycles. The van der Waals surface area contributed by atoms with Crippen molar-refractivity contribution in [2.45, 2.75) is 48.9 Å². The lowest BCUT2D eigenvalue weighted by atomic mass is 10.0. The van der Waals surface area contributed by atoms with Crippen LogP contribution in [0.1, 0.15) is 38.6 Å². The number of fused-ring (bicyclic) bond motifs is 1. The molecule has 0 aliphatic heterocycles. The molecule has 0 saturated carbocycles. The molecule has 0 fully saturated rings. The molecule has 6 heteroatoms. The van der Waals surface area contributed by atoms with Crippen molar-refractivity contribution in [3.05, 3.63) is 30.5 Å². The summed E-state index contributed by atoms with van der Waals surface area (Å²) in [6, 6.07) is 6.93. The number of carboxylic acid groups (broad SMARTS) is 1. The highest BCUT2D eigenvalue weighted by atomic mass is 79.9. The van der Waals surface area contributed by atoms with E-state index < -0.39 is 17.4 Å². The summed E-state index contributed by atoms with van der Waals surface area (Å²) in [5.41, 5.74) is 0.789. The molecule has 1 aromatic carbocycles. The molecule has 0 aliphatic rings. The van der Waals surface area contributed by atoms with Gasteiger partial charge in [-0.05, 0) is 18.6 Å². The van der Waals surface area contributed by atoms with Crippen LogP contribution in [0.4, 0.5) is 0 Å². The smallest absolute Gasteiger partial charge is 0.305 e. The Morgan fingerprint density at radius 1 is 1.39 bits per heavy atom. The number of aliphatic carboxylic acids is 1. The zero-order valence-corrected chi connectivity index (χ0v) is 15.3. The molecule has 0 saturated heterocycles. The van der Waals surface area contributed by atoms with Gasteiger partial charge in [0.05, 0.1) is 23.4 Å². The van der Waals surface area contributed by atoms with Crippen molar-refractivity contribution in [3.8, 4) is 5.75 Å². The molecule has 0 bridgehead atoms. The van der Waals surface area contributed by atoms with Crippen molar-refractivity contribution >= 4 is 44.4 Å². The van der Waals surface area contributed by atoms with E-state index in [2.05, 4.69) is 22.9 Å². The van der Waals surface area contributed by atoms with Crippen LogP contribution in [0.3, 0.4) is 0 Å². The molecular formula is C17H21BrClNO3. The Bertz CT molecular complexity index is 673. The molecule has 2 aromatic rings. The van der Waals surface area contributed by atoms with Crippen LogP contribution in [0, 0.1) is 0 Å². The molecule has 4 nitrogen and oxygen atoms in total. The van der Waals surface area contributed by atoms with Crippen molar-refractivity contribution in [2.24, 2.45) is 0 Å². The fourth-order valence-corrected chi connectivity index (χ4v) is 3.82. The quantitative estimate of drug-likeness (QED) is 0.616. The number of carboxylic acids is 1. The van der Waals surface area contributed by atoms with E-state index in [0.717, 1.165) is 24.8 Å². The van der Waals surface area contributed by atoms with E-state index in [-0.39, 0.29) is 17.0 Å². The van der Waals surface area contributed by atoms with Crippen molar-refractivity contribution in [1.82, 2.24) is 4.57 Å². The monoisotopic (exact) mass is 401 g/mol. The Morgan fingerprint density at radius 2 is 2.09 bits per heavy atom. The van der Waals surface area contributed by atoms with E-state index >= 15 is 0 Å². The Labute approximate surface area is 149 Å². The van der Waals surface area contributed by atoms with Gasteiger partial charge in [-0.1, -0.05) is 47.8 Å². The predicted octanol–water partition coefficient (Wildman–Crippen LogP) is 4.92. The number of nitrogens with zero attached hydrogens (tertiary/aromatic N) is 1. The van der Waals surface area contributed by atoms with Crippen LogP contribution in [0.2, 0.25) is 0 Å². The van der Waals surface area contributed by atoms with Gasteiger partial charge in [0.2, 0.25) is 0 Å². The Kier molecular flexibility index (Phi) is 6.36. The molecule has 23 heavy (non-hydrogen) atoms. The molecule has 126 valence electrons. The Balaban J connectivity index is 2.39. The standard InChI is InChI=1S/C17H21BrClNO3/c1-2-3-7-12(18)17(19)14(9-16(22)23)20-10-15(21)11-6-4-5-8-13(11)20/h4-6,8,10,12,14,17,21H,2-3,7,9H2,1H3,(H,22,23). The molecule has 3 unspecified atom stereocenters. The second-order valence-corrected chi connectivity index (χ2v) is 7.39. The number of benzene rings is 1. The van der Waals surface area contributed by atoms with Crippen LogP contribution in [0.25, 0.3) is 10.9 Å². The Morgan fingerprint density at radius 3 is 2.74 bits per heavy atom. The van der Waals surface area contributed by atoms with Crippen LogP contribution >= 0.6 is 27.5 Å². The van der Waals surface area contributed by atoms with Crippen LogP contribution < -0.4 is 0 Å². The number of hydrogen-bond acceptors (Lipinski definition) is 2. The van der Waals surface area contributed by atoms with E-state index in [9.17, 15) is 15.0 Å². The van der Waals surface area contributed by atoms with Gasteiger partial charge in [0.15, 0.2) is 0 Å². The largest absolute Gasteiger partial charge is 0.506 e. The summed E-state index contributed by atoms with van der Waals surface area (Å²) >= 11 is 10.2. The highest BCUT2D eigenvalue weighted by Gasteiger charge is 2.30. The van der Waals surface area contributed by atoms with Gasteiger partial charge in [0, 0.05) is 16.4 Å². The maximum Gasteiger partial charge on any atom is 0.305 e. The van der Waals surface area contributed by atoms with Crippen LogP contribution in [-0.4, -0.2) is 31.0 Å². The number of alkyl halides is 2. The molecule has 0 aliphatic carbocycles. The second kappa shape index (κ2) is 8.06. The lowest BCUT2D eigenvalue weighted by molar-refractivity contribution is -0.137. The highest BCUT2D eigenvalue weighted by molar-refractivity contribution is 9.09. The normalized spacial score (nSPS) is 15.4. The SMILES string of the molecule is CCCCC(Br)C(Cl)C(CC(=O)O)n1cc(O)c2ccccc21. The van der Waals surface area contributed by atoms with Crippen molar-refractivity contribution < 1.29 is 15.0 Å². The maximum atomic E-state index is 11.3. The van der Waals surface area contributed by atoms with Gasteiger partial charge in [0.25, 0.3) is 0 Å². The second-order valence-electron chi connectivity index (χ2n) is 5.71. The fraction of sp³-hybridized carbons (Fsp3) is 0.471. The van der Waals surface area contributed by atoms with E-state index in [1.54, 1.807) is 10.8 Å². The molecule has 0 radical (unpaired) electrons. The van der Waals surface area contributed by atoms with Gasteiger partial charge in [-0.3, -0.25) is 4.79 Å². The van der Waals surface area contributed by atoms with Crippen molar-refractivity contribution in [1.29, 1.82) is 0 Å². The number of aromatic nitrogens is 1. The summed E-state index contributed by atoms with van der Waals surface area (Å²) in [7, 11) is 0. The summed E-state index contributed by atoms with van der Waals surface area (Å²) < 4.78 is 1.79. The number of aromatic hydroxyl groups is 1. The van der Waals surface area contributed by atoms with E-state index in [1.165, 1.54) is 0 Å². The summed E-state index contributed by atoms with van der Waals surface area (Å²) in [5, 5.41) is 19.7. The third-order valence-electron chi connectivity index (χ3n) is 4.01. The summed E-state index contributed by atoms with van der Waals surface area (Å²) in [4.78, 5) is 11.3. The van der Waals surface area contributed by atoms with Crippen LogP contribution in [0.5, 0.6) is 5.75 Å². The minimum atomic E-state index is -0.909. The number of hydrogen-bond donors (Lipinski definition) is 2. The van der Waals surface area contributed by atoms with Gasteiger partial charge in [-0.15, -0.1) is 11.6 Å². The topological polar surface area (TPSA) is 62.5 Å². The first-order valence-corrected chi connectivity index (χ1v) is 9.09. The van der Waals surface area contributed by atoms with E-state index in [0.29, 0.717) is 5.39 Å². The van der Waals surface area contributed by atoms with Crippen molar-refractivity contribution in [3.63, 3.8) is 0 Å². The molecule has 2 N–H and O–H groups in total. The van der Waals surface area contributed by atoms with E-state index in [1.807, 2.05) is 24.3 Å². The number of para-hydroxylation sites is 1. The van der Waals surface area contributed by atoms with Gasteiger partial charge in [-0.25, -0.2) is 0 Å². The fourth-order valence-electron chi connectivity index (χ4n) is 2.80. The average molecular weight is 403 g/mol. The zero-order chi connectivity index (χ0) is 17.0. The highest BCUT2D eigenvalue weighted by Crippen LogP contribution is 2.36. The summed E-state index contributed by atoms with van der Waals surface area (Å²) in [6.45, 7) is 2.11. The summed E-state index contributed by atoms with van der Waals surface area (Å²) in [5.74, 6) is -0.771.